The lowest BCUT2D eigenvalue weighted by Crippen LogP contribution is -1.77. The zero-order valence-corrected chi connectivity index (χ0v) is 11.5. The van der Waals surface area contributed by atoms with E-state index < -0.39 is 4.74 Å². The second-order valence-electron chi connectivity index (χ2n) is 2.43. The lowest BCUT2D eigenvalue weighted by Gasteiger charge is -2.06. The minimum atomic E-state index is -2.69. The minimum absolute atomic E-state index is 0.156. The van der Waals surface area contributed by atoms with E-state index in [1.807, 2.05) is 30.3 Å². The summed E-state index contributed by atoms with van der Waals surface area (Å²) in [5, 5.41) is 0.320. The van der Waals surface area contributed by atoms with Crippen LogP contribution < -0.4 is 0 Å². The largest absolute Gasteiger partial charge is 0.159 e. The van der Waals surface area contributed by atoms with Gasteiger partial charge >= 0.3 is 0 Å². The van der Waals surface area contributed by atoms with Crippen LogP contribution in [-0.4, -0.2) is 0 Å². The quantitative estimate of drug-likeness (QED) is 0.643. The van der Waals surface area contributed by atoms with Gasteiger partial charge in [0, 0.05) is 0 Å². The molecule has 14 heavy (non-hydrogen) atoms. The molecule has 0 nitrogen and oxygen atoms in total. The summed E-state index contributed by atoms with van der Waals surface area (Å²) in [6, 6.07) is 9.17. The molecule has 6 heteroatoms. The number of hydrogen-bond donors (Lipinski definition) is 0. The fourth-order valence-electron chi connectivity index (χ4n) is 0.818. The van der Waals surface area contributed by atoms with Crippen LogP contribution in [0.5, 0.6) is 0 Å². The maximum Gasteiger partial charge on any atom is 0.159 e. The van der Waals surface area contributed by atoms with E-state index in [9.17, 15) is 0 Å². The highest BCUT2D eigenvalue weighted by Gasteiger charge is 2.18. The van der Waals surface area contributed by atoms with Gasteiger partial charge in [-0.25, -0.2) is 0 Å². The van der Waals surface area contributed by atoms with Gasteiger partial charge < -0.3 is 0 Å². The molecular weight excluding hydrogens is 301 g/mol. The van der Waals surface area contributed by atoms with Crippen molar-refractivity contribution in [1.29, 1.82) is 0 Å². The van der Waals surface area contributed by atoms with Crippen molar-refractivity contribution in [3.05, 3.63) is 40.7 Å². The second kappa shape index (κ2) is 5.21. The van der Waals surface area contributed by atoms with Crippen LogP contribution in [0.15, 0.2) is 35.1 Å². The van der Waals surface area contributed by atoms with Crippen molar-refractivity contribution in [2.75, 3.05) is 0 Å². The Hall–Kier alpha value is 0.770. The third-order valence-electron chi connectivity index (χ3n) is 1.44. The van der Waals surface area contributed by atoms with Crippen molar-refractivity contribution in [1.82, 2.24) is 0 Å². The van der Waals surface area contributed by atoms with Crippen molar-refractivity contribution in [2.45, 2.75) is 0 Å². The number of halogens is 4. The molecule has 0 atom stereocenters. The molecule has 0 aromatic heterocycles. The highest BCUT2D eigenvalue weighted by molar-refractivity contribution is 8.41. The Kier molecular flexibility index (Phi) is 4.77. The van der Waals surface area contributed by atoms with Crippen LogP contribution >= 0.6 is 50.4 Å². The highest BCUT2D eigenvalue weighted by Crippen LogP contribution is 2.67. The summed E-state index contributed by atoms with van der Waals surface area (Å²) in [6.07, 6.45) is 0. The van der Waals surface area contributed by atoms with Crippen LogP contribution in [0, 0.1) is 0 Å². The molecule has 76 valence electrons. The van der Waals surface area contributed by atoms with Crippen molar-refractivity contribution < 1.29 is 0 Å². The van der Waals surface area contributed by atoms with Gasteiger partial charge in [-0.15, -0.1) is 0 Å². The number of rotatable bonds is 2. The van der Waals surface area contributed by atoms with Gasteiger partial charge in [-0.3, -0.25) is 0 Å². The van der Waals surface area contributed by atoms with E-state index in [4.69, 9.17) is 57.5 Å². The summed E-state index contributed by atoms with van der Waals surface area (Å²) in [5.41, 5.74) is 0.759. The zero-order chi connectivity index (χ0) is 10.8. The van der Waals surface area contributed by atoms with Gasteiger partial charge in [0.1, 0.15) is 0 Å². The van der Waals surface area contributed by atoms with E-state index in [0.29, 0.717) is 5.03 Å². The summed E-state index contributed by atoms with van der Waals surface area (Å²) in [4.78, 5) is 0. The average molecular weight is 306 g/mol. The molecule has 0 saturated heterocycles. The molecule has 0 aliphatic rings. The fourth-order valence-corrected chi connectivity index (χ4v) is 2.98. The van der Waals surface area contributed by atoms with E-state index in [0.717, 1.165) is 5.56 Å². The van der Waals surface area contributed by atoms with E-state index >= 15 is 0 Å². The molecule has 0 amide bonds. The third kappa shape index (κ3) is 3.41. The van der Waals surface area contributed by atoms with Gasteiger partial charge in [0.25, 0.3) is 0 Å². The minimum Gasteiger partial charge on any atom is -0.0819 e. The molecule has 0 fully saturated rings. The standard InChI is InChI=1S/C8H5Cl4PS/c9-7(8(10)13(11,12)14)6-4-2-1-3-5-6/h1-5H. The highest BCUT2D eigenvalue weighted by atomic mass is 35.9. The van der Waals surface area contributed by atoms with Gasteiger partial charge in [-0.2, -0.15) is 0 Å². The molecule has 0 aliphatic carbocycles. The Bertz CT molecular complexity index is 395. The lowest BCUT2D eigenvalue weighted by atomic mass is 10.2. The normalized spacial score (nSPS) is 13.7. The molecule has 0 N–H and O–H groups in total. The van der Waals surface area contributed by atoms with Gasteiger partial charge in [0.05, 0.1) is 9.81 Å². The molecule has 0 bridgehead atoms. The van der Waals surface area contributed by atoms with Gasteiger partial charge in [0.15, 0.2) is 4.74 Å². The topological polar surface area (TPSA) is 0 Å². The Labute approximate surface area is 107 Å². The SMILES string of the molecule is S=P(Cl)(Cl)C(Cl)=C(Cl)c1ccccc1. The second-order valence-corrected chi connectivity index (χ2v) is 11.2. The van der Waals surface area contributed by atoms with Crippen LogP contribution in [0.1, 0.15) is 5.56 Å². The molecular formula is C8H5Cl4PS. The summed E-state index contributed by atoms with van der Waals surface area (Å²) >= 11 is 28.2. The van der Waals surface area contributed by atoms with E-state index in [1.54, 1.807) is 0 Å². The van der Waals surface area contributed by atoms with Gasteiger partial charge in [-0.1, -0.05) is 87.8 Å². The Morgan fingerprint density at radius 3 is 2.00 bits per heavy atom. The molecule has 0 aliphatic heterocycles. The summed E-state index contributed by atoms with van der Waals surface area (Å²) in [7, 11) is 0. The fraction of sp³-hybridized carbons (Fsp3) is 0. The molecule has 0 radical (unpaired) electrons. The molecule has 0 saturated carbocycles. The number of benzene rings is 1. The summed E-state index contributed by atoms with van der Waals surface area (Å²) in [6.45, 7) is 0. The van der Waals surface area contributed by atoms with Crippen LogP contribution in [0.25, 0.3) is 5.03 Å². The Morgan fingerprint density at radius 1 is 1.07 bits per heavy atom. The first kappa shape index (κ1) is 12.8. The van der Waals surface area contributed by atoms with E-state index in [2.05, 4.69) is 0 Å². The smallest absolute Gasteiger partial charge is 0.0819 e. The number of hydrogen-bond acceptors (Lipinski definition) is 1. The molecule has 0 heterocycles. The van der Waals surface area contributed by atoms with Gasteiger partial charge in [-0.05, 0) is 5.56 Å². The zero-order valence-electron chi connectivity index (χ0n) is 6.75. The van der Waals surface area contributed by atoms with Crippen molar-refractivity contribution in [2.24, 2.45) is 0 Å². The predicted octanol–water partition coefficient (Wildman–Crippen LogP) is 5.58. The first-order chi connectivity index (χ1) is 6.43. The third-order valence-corrected chi connectivity index (χ3v) is 6.08. The average Bonchev–Trinajstić information content (AvgIpc) is 2.15. The van der Waals surface area contributed by atoms with Gasteiger partial charge in [0.2, 0.25) is 0 Å². The molecule has 0 spiro atoms. The Morgan fingerprint density at radius 2 is 1.57 bits per heavy atom. The first-order valence-electron chi connectivity index (χ1n) is 3.53. The molecule has 1 rings (SSSR count). The first-order valence-corrected chi connectivity index (χ1v) is 8.90. The van der Waals surface area contributed by atoms with Crippen molar-refractivity contribution >= 4 is 67.3 Å². The molecule has 1 aromatic rings. The summed E-state index contributed by atoms with van der Waals surface area (Å²) in [5.74, 6) is 0. The van der Waals surface area contributed by atoms with E-state index in [1.165, 1.54) is 0 Å². The van der Waals surface area contributed by atoms with E-state index in [-0.39, 0.29) is 4.77 Å². The van der Waals surface area contributed by atoms with Crippen molar-refractivity contribution in [3.63, 3.8) is 0 Å². The Balaban J connectivity index is 3.19. The van der Waals surface area contributed by atoms with Crippen molar-refractivity contribution in [3.8, 4) is 0 Å². The van der Waals surface area contributed by atoms with Crippen LogP contribution in [0.2, 0.25) is 0 Å². The monoisotopic (exact) mass is 304 g/mol. The summed E-state index contributed by atoms with van der Waals surface area (Å²) < 4.78 is -2.53. The van der Waals surface area contributed by atoms with Crippen LogP contribution in [0.3, 0.4) is 0 Å². The maximum absolute atomic E-state index is 5.98. The maximum atomic E-state index is 5.98. The molecule has 1 aromatic carbocycles. The predicted molar refractivity (Wildman–Crippen MR) is 71.1 cm³/mol. The molecule has 0 unspecified atom stereocenters. The van der Waals surface area contributed by atoms with Crippen LogP contribution in [-0.2, 0) is 11.8 Å². The lowest BCUT2D eigenvalue weighted by molar-refractivity contribution is 1.65. The van der Waals surface area contributed by atoms with Crippen LogP contribution in [0.4, 0.5) is 0 Å².